The van der Waals surface area contributed by atoms with Gasteiger partial charge in [-0.05, 0) is 36.4 Å². The van der Waals surface area contributed by atoms with Gasteiger partial charge in [0.15, 0.2) is 11.6 Å². The third-order valence-electron chi connectivity index (χ3n) is 6.79. The summed E-state index contributed by atoms with van der Waals surface area (Å²) >= 11 is 6.16. The summed E-state index contributed by atoms with van der Waals surface area (Å²) in [6.07, 6.45) is 1.66. The number of hydrogen-bond acceptors (Lipinski definition) is 7. The Bertz CT molecular complexity index is 1560. The van der Waals surface area contributed by atoms with Gasteiger partial charge in [0.1, 0.15) is 6.33 Å². The first-order valence-electron chi connectivity index (χ1n) is 12.4. The molecule has 0 radical (unpaired) electrons. The molecule has 0 aliphatic carbocycles. The third-order valence-corrected chi connectivity index (χ3v) is 7.03. The molecule has 5 aromatic rings. The largest absolute Gasteiger partial charge is 0.369 e. The molecular formula is C28H26ClN7O. The average Bonchev–Trinajstić information content (AvgIpc) is 3.44. The van der Waals surface area contributed by atoms with E-state index >= 15 is 0 Å². The van der Waals surface area contributed by atoms with Gasteiger partial charge in [0.25, 0.3) is 0 Å². The molecule has 186 valence electrons. The summed E-state index contributed by atoms with van der Waals surface area (Å²) in [6.45, 7) is 5.53. The fourth-order valence-corrected chi connectivity index (χ4v) is 4.99. The fourth-order valence-electron chi connectivity index (χ4n) is 4.81. The summed E-state index contributed by atoms with van der Waals surface area (Å²) < 4.78 is 1.89. The molecule has 0 spiro atoms. The molecule has 3 aromatic carbocycles. The highest BCUT2D eigenvalue weighted by atomic mass is 35.5. The number of nitrogens with one attached hydrogen (secondary N) is 1. The SMILES string of the molecule is O=C(c1ccccc1)c1ccc2nc(NCCN3CCN(c4cccc(Cl)c4)CC3)c3nncn3c2c1. The highest BCUT2D eigenvalue weighted by Gasteiger charge is 2.18. The van der Waals surface area contributed by atoms with Crippen LogP contribution in [0, 0.1) is 0 Å². The average molecular weight is 512 g/mol. The Hall–Kier alpha value is -4.01. The zero-order valence-electron chi connectivity index (χ0n) is 20.2. The van der Waals surface area contributed by atoms with Gasteiger partial charge < -0.3 is 10.2 Å². The number of carbonyl (C=O) groups excluding carboxylic acids is 1. The van der Waals surface area contributed by atoms with Crippen LogP contribution < -0.4 is 10.2 Å². The molecular weight excluding hydrogens is 486 g/mol. The minimum absolute atomic E-state index is 0.0265. The summed E-state index contributed by atoms with van der Waals surface area (Å²) in [6, 6.07) is 22.9. The first kappa shape index (κ1) is 23.4. The van der Waals surface area contributed by atoms with Gasteiger partial charge in [0, 0.05) is 61.1 Å². The van der Waals surface area contributed by atoms with Gasteiger partial charge in [-0.1, -0.05) is 48.0 Å². The molecule has 8 nitrogen and oxygen atoms in total. The lowest BCUT2D eigenvalue weighted by Gasteiger charge is -2.36. The van der Waals surface area contributed by atoms with Gasteiger partial charge in [-0.25, -0.2) is 4.98 Å². The van der Waals surface area contributed by atoms with Crippen LogP contribution in [0.1, 0.15) is 15.9 Å². The van der Waals surface area contributed by atoms with Crippen LogP contribution in [0.15, 0.2) is 79.1 Å². The summed E-state index contributed by atoms with van der Waals surface area (Å²) in [4.78, 5) is 22.6. The number of hydrogen-bond donors (Lipinski definition) is 1. The smallest absolute Gasteiger partial charge is 0.203 e. The van der Waals surface area contributed by atoms with Crippen molar-refractivity contribution in [2.75, 3.05) is 49.5 Å². The van der Waals surface area contributed by atoms with Crippen molar-refractivity contribution in [1.29, 1.82) is 0 Å². The second-order valence-corrected chi connectivity index (χ2v) is 9.56. The van der Waals surface area contributed by atoms with E-state index in [-0.39, 0.29) is 5.78 Å². The zero-order valence-corrected chi connectivity index (χ0v) is 21.0. The van der Waals surface area contributed by atoms with Crippen LogP contribution >= 0.6 is 11.6 Å². The molecule has 1 aliphatic heterocycles. The summed E-state index contributed by atoms with van der Waals surface area (Å²) in [5, 5.41) is 12.6. The molecule has 1 N–H and O–H groups in total. The first-order chi connectivity index (χ1) is 18.2. The number of halogens is 1. The molecule has 0 atom stereocenters. The van der Waals surface area contributed by atoms with Crippen molar-refractivity contribution in [2.45, 2.75) is 0 Å². The minimum atomic E-state index is -0.0265. The molecule has 9 heteroatoms. The predicted octanol–water partition coefficient (Wildman–Crippen LogP) is 4.40. The van der Waals surface area contributed by atoms with E-state index < -0.39 is 0 Å². The highest BCUT2D eigenvalue weighted by molar-refractivity contribution is 6.30. The standard InChI is InChI=1S/C28H26ClN7O/c29-22-7-4-8-23(18-22)35-15-13-34(14-16-35)12-11-30-27-28-33-31-19-36(28)25-17-21(9-10-24(25)32-27)26(37)20-5-2-1-3-6-20/h1-10,17-19H,11-16H2,(H,30,32). The van der Waals surface area contributed by atoms with Crippen LogP contribution in [0.3, 0.4) is 0 Å². The molecule has 0 bridgehead atoms. The van der Waals surface area contributed by atoms with Gasteiger partial charge in [0.05, 0.1) is 11.0 Å². The molecule has 0 unspecified atom stereocenters. The monoisotopic (exact) mass is 511 g/mol. The molecule has 0 saturated carbocycles. The van der Waals surface area contributed by atoms with E-state index in [0.717, 1.165) is 55.3 Å². The van der Waals surface area contributed by atoms with E-state index in [1.165, 1.54) is 5.69 Å². The molecule has 0 amide bonds. The van der Waals surface area contributed by atoms with Crippen LogP contribution in [0.4, 0.5) is 11.5 Å². The van der Waals surface area contributed by atoms with E-state index in [1.54, 1.807) is 6.33 Å². The van der Waals surface area contributed by atoms with Crippen LogP contribution in [0.25, 0.3) is 16.7 Å². The van der Waals surface area contributed by atoms with Gasteiger partial charge in [0.2, 0.25) is 5.65 Å². The van der Waals surface area contributed by atoms with Crippen molar-refractivity contribution in [3.8, 4) is 0 Å². The lowest BCUT2D eigenvalue weighted by Crippen LogP contribution is -2.47. The second-order valence-electron chi connectivity index (χ2n) is 9.12. The minimum Gasteiger partial charge on any atom is -0.369 e. The summed E-state index contributed by atoms with van der Waals surface area (Å²) in [5.41, 5.74) is 4.64. The Morgan fingerprint density at radius 1 is 0.919 bits per heavy atom. The lowest BCUT2D eigenvalue weighted by atomic mass is 10.0. The quantitative estimate of drug-likeness (QED) is 0.324. The number of benzene rings is 3. The Morgan fingerprint density at radius 2 is 1.76 bits per heavy atom. The maximum atomic E-state index is 13.0. The van der Waals surface area contributed by atoms with Crippen molar-refractivity contribution >= 4 is 45.6 Å². The molecule has 2 aromatic heterocycles. The molecule has 1 aliphatic rings. The number of aromatic nitrogens is 4. The molecule has 6 rings (SSSR count). The Labute approximate surface area is 219 Å². The summed E-state index contributed by atoms with van der Waals surface area (Å²) in [5.74, 6) is 0.658. The second kappa shape index (κ2) is 10.2. The number of nitrogens with zero attached hydrogens (tertiary/aromatic N) is 6. The van der Waals surface area contributed by atoms with Crippen molar-refractivity contribution in [3.05, 3.63) is 95.3 Å². The van der Waals surface area contributed by atoms with Crippen LogP contribution in [-0.2, 0) is 0 Å². The van der Waals surface area contributed by atoms with E-state index in [4.69, 9.17) is 16.6 Å². The van der Waals surface area contributed by atoms with Gasteiger partial charge in [-0.15, -0.1) is 10.2 Å². The van der Waals surface area contributed by atoms with Crippen LogP contribution in [-0.4, -0.2) is 69.5 Å². The van der Waals surface area contributed by atoms with Crippen molar-refractivity contribution in [1.82, 2.24) is 24.5 Å². The molecule has 1 fully saturated rings. The first-order valence-corrected chi connectivity index (χ1v) is 12.7. The summed E-state index contributed by atoms with van der Waals surface area (Å²) in [7, 11) is 0. The number of piperazine rings is 1. The Balaban J connectivity index is 1.13. The Kier molecular flexibility index (Phi) is 6.42. The van der Waals surface area contributed by atoms with Gasteiger partial charge in [-0.2, -0.15) is 0 Å². The van der Waals surface area contributed by atoms with Gasteiger partial charge in [-0.3, -0.25) is 14.1 Å². The fraction of sp³-hybridized carbons (Fsp3) is 0.214. The number of ketones is 1. The maximum absolute atomic E-state index is 13.0. The molecule has 3 heterocycles. The van der Waals surface area contributed by atoms with Crippen LogP contribution in [0.2, 0.25) is 5.02 Å². The molecule has 37 heavy (non-hydrogen) atoms. The normalized spacial score (nSPS) is 14.4. The molecule has 1 saturated heterocycles. The lowest BCUT2D eigenvalue weighted by molar-refractivity contribution is 0.103. The van der Waals surface area contributed by atoms with E-state index in [0.29, 0.717) is 22.6 Å². The number of carbonyl (C=O) groups is 1. The Morgan fingerprint density at radius 3 is 2.57 bits per heavy atom. The van der Waals surface area contributed by atoms with Gasteiger partial charge >= 0.3 is 0 Å². The van der Waals surface area contributed by atoms with Crippen molar-refractivity contribution < 1.29 is 4.79 Å². The topological polar surface area (TPSA) is 78.7 Å². The zero-order chi connectivity index (χ0) is 25.2. The van der Waals surface area contributed by atoms with Crippen LogP contribution in [0.5, 0.6) is 0 Å². The highest BCUT2D eigenvalue weighted by Crippen LogP contribution is 2.23. The maximum Gasteiger partial charge on any atom is 0.203 e. The third kappa shape index (κ3) is 4.85. The number of anilines is 2. The number of rotatable bonds is 7. The number of fused-ring (bicyclic) bond motifs is 3. The van der Waals surface area contributed by atoms with E-state index in [1.807, 2.05) is 71.1 Å². The van der Waals surface area contributed by atoms with Crippen molar-refractivity contribution in [2.24, 2.45) is 0 Å². The predicted molar refractivity (Wildman–Crippen MR) is 147 cm³/mol. The van der Waals surface area contributed by atoms with Crippen molar-refractivity contribution in [3.63, 3.8) is 0 Å². The van der Waals surface area contributed by atoms with E-state index in [2.05, 4.69) is 31.4 Å². The van der Waals surface area contributed by atoms with E-state index in [9.17, 15) is 4.79 Å².